The summed E-state index contributed by atoms with van der Waals surface area (Å²) < 4.78 is 27.3. The Kier molecular flexibility index (Phi) is 4.95. The molecule has 4 rings (SSSR count). The third-order valence-corrected chi connectivity index (χ3v) is 7.01. The van der Waals surface area contributed by atoms with Gasteiger partial charge in [-0.2, -0.15) is 4.31 Å². The number of pyridine rings is 1. The number of hydrogen-bond acceptors (Lipinski definition) is 4. The van der Waals surface area contributed by atoms with Gasteiger partial charge in [-0.05, 0) is 30.7 Å². The Labute approximate surface area is 160 Å². The highest BCUT2D eigenvalue weighted by Crippen LogP contribution is 2.21. The highest BCUT2D eigenvalue weighted by Gasteiger charge is 2.28. The van der Waals surface area contributed by atoms with E-state index in [1.165, 1.54) is 5.56 Å². The van der Waals surface area contributed by atoms with Gasteiger partial charge in [-0.15, -0.1) is 0 Å². The lowest BCUT2D eigenvalue weighted by atomic mass is 10.1. The standard InChI is InChI=1S/C21H23N3O2S/c1-17-7-9-20(10-8-17)27(25,26)24-14-12-23(13-15-24)16-19-5-2-4-18-6-3-11-22-21(18)19/h2-11H,12-16H2,1H3. The summed E-state index contributed by atoms with van der Waals surface area (Å²) in [7, 11) is -3.42. The van der Waals surface area contributed by atoms with Gasteiger partial charge in [-0.1, -0.05) is 42.0 Å². The molecule has 1 aliphatic heterocycles. The van der Waals surface area contributed by atoms with Gasteiger partial charge in [-0.3, -0.25) is 9.88 Å². The zero-order valence-corrected chi connectivity index (χ0v) is 16.2. The van der Waals surface area contributed by atoms with Crippen LogP contribution in [0.25, 0.3) is 10.9 Å². The van der Waals surface area contributed by atoms with E-state index in [9.17, 15) is 8.42 Å². The van der Waals surface area contributed by atoms with Crippen molar-refractivity contribution < 1.29 is 8.42 Å². The molecule has 0 unspecified atom stereocenters. The molecule has 27 heavy (non-hydrogen) atoms. The second kappa shape index (κ2) is 7.38. The minimum absolute atomic E-state index is 0.375. The van der Waals surface area contributed by atoms with E-state index in [0.717, 1.165) is 23.0 Å². The average Bonchev–Trinajstić information content (AvgIpc) is 2.69. The SMILES string of the molecule is Cc1ccc(S(=O)(=O)N2CCN(Cc3cccc4cccnc34)CC2)cc1. The van der Waals surface area contributed by atoms with Crippen molar-refractivity contribution in [3.05, 3.63) is 71.9 Å². The van der Waals surface area contributed by atoms with Crippen LogP contribution in [-0.4, -0.2) is 48.8 Å². The van der Waals surface area contributed by atoms with Crippen LogP contribution in [-0.2, 0) is 16.6 Å². The lowest BCUT2D eigenvalue weighted by molar-refractivity contribution is 0.182. The summed E-state index contributed by atoms with van der Waals surface area (Å²) in [6, 6.07) is 17.3. The lowest BCUT2D eigenvalue weighted by Gasteiger charge is -2.34. The fourth-order valence-corrected chi connectivity index (χ4v) is 4.95. The number of para-hydroxylation sites is 1. The summed E-state index contributed by atoms with van der Waals surface area (Å²) >= 11 is 0. The predicted molar refractivity (Wildman–Crippen MR) is 107 cm³/mol. The van der Waals surface area contributed by atoms with Crippen molar-refractivity contribution in [2.45, 2.75) is 18.4 Å². The third kappa shape index (κ3) is 3.74. The monoisotopic (exact) mass is 381 g/mol. The first-order valence-corrected chi connectivity index (χ1v) is 10.6. The van der Waals surface area contributed by atoms with Gasteiger partial charge < -0.3 is 0 Å². The molecular formula is C21H23N3O2S. The van der Waals surface area contributed by atoms with Crippen molar-refractivity contribution in [3.63, 3.8) is 0 Å². The fraction of sp³-hybridized carbons (Fsp3) is 0.286. The smallest absolute Gasteiger partial charge is 0.243 e. The van der Waals surface area contributed by atoms with E-state index in [4.69, 9.17) is 0 Å². The Bertz CT molecular complexity index is 1040. The second-order valence-corrected chi connectivity index (χ2v) is 8.92. The molecule has 6 heteroatoms. The van der Waals surface area contributed by atoms with Gasteiger partial charge in [0.15, 0.2) is 0 Å². The van der Waals surface area contributed by atoms with Crippen LogP contribution in [0.5, 0.6) is 0 Å². The Balaban J connectivity index is 1.45. The first kappa shape index (κ1) is 18.1. The number of aromatic nitrogens is 1. The third-order valence-electron chi connectivity index (χ3n) is 5.10. The molecule has 0 aliphatic carbocycles. The maximum Gasteiger partial charge on any atom is 0.243 e. The van der Waals surface area contributed by atoms with Gasteiger partial charge in [0, 0.05) is 44.3 Å². The van der Waals surface area contributed by atoms with E-state index in [0.29, 0.717) is 31.1 Å². The fourth-order valence-electron chi connectivity index (χ4n) is 3.52. The molecule has 0 radical (unpaired) electrons. The van der Waals surface area contributed by atoms with E-state index >= 15 is 0 Å². The minimum atomic E-state index is -3.42. The van der Waals surface area contributed by atoms with Crippen LogP contribution in [0.2, 0.25) is 0 Å². The lowest BCUT2D eigenvalue weighted by Crippen LogP contribution is -2.48. The largest absolute Gasteiger partial charge is 0.296 e. The van der Waals surface area contributed by atoms with Crippen molar-refractivity contribution in [2.75, 3.05) is 26.2 Å². The predicted octanol–water partition coefficient (Wildman–Crippen LogP) is 3.05. The molecule has 0 bridgehead atoms. The molecule has 0 N–H and O–H groups in total. The van der Waals surface area contributed by atoms with Crippen molar-refractivity contribution in [1.82, 2.24) is 14.2 Å². The van der Waals surface area contributed by atoms with Crippen molar-refractivity contribution in [1.29, 1.82) is 0 Å². The van der Waals surface area contributed by atoms with Gasteiger partial charge >= 0.3 is 0 Å². The Morgan fingerprint density at radius 2 is 1.63 bits per heavy atom. The molecule has 0 atom stereocenters. The van der Waals surface area contributed by atoms with Crippen molar-refractivity contribution in [2.24, 2.45) is 0 Å². The zero-order valence-electron chi connectivity index (χ0n) is 15.4. The molecule has 0 saturated carbocycles. The molecule has 1 fully saturated rings. The van der Waals surface area contributed by atoms with E-state index in [1.54, 1.807) is 16.4 Å². The topological polar surface area (TPSA) is 53.5 Å². The normalized spacial score (nSPS) is 16.6. The summed E-state index contributed by atoms with van der Waals surface area (Å²) in [5, 5.41) is 1.13. The maximum atomic E-state index is 12.8. The molecule has 1 saturated heterocycles. The van der Waals surface area contributed by atoms with Crippen LogP contribution >= 0.6 is 0 Å². The first-order chi connectivity index (χ1) is 13.0. The molecular weight excluding hydrogens is 358 g/mol. The molecule has 2 heterocycles. The van der Waals surface area contributed by atoms with Crippen LogP contribution in [0.4, 0.5) is 0 Å². The van der Waals surface area contributed by atoms with E-state index < -0.39 is 10.0 Å². The number of benzene rings is 2. The van der Waals surface area contributed by atoms with Gasteiger partial charge in [0.1, 0.15) is 0 Å². The first-order valence-electron chi connectivity index (χ1n) is 9.16. The summed E-state index contributed by atoms with van der Waals surface area (Å²) in [5.74, 6) is 0. The van der Waals surface area contributed by atoms with E-state index in [-0.39, 0.29) is 0 Å². The summed E-state index contributed by atoms with van der Waals surface area (Å²) in [4.78, 5) is 7.19. The van der Waals surface area contributed by atoms with Gasteiger partial charge in [0.05, 0.1) is 10.4 Å². The van der Waals surface area contributed by atoms with Gasteiger partial charge in [0.25, 0.3) is 0 Å². The molecule has 1 aliphatic rings. The average molecular weight is 382 g/mol. The minimum Gasteiger partial charge on any atom is -0.296 e. The number of nitrogens with zero attached hydrogens (tertiary/aromatic N) is 3. The number of aryl methyl sites for hydroxylation is 1. The maximum absolute atomic E-state index is 12.8. The number of fused-ring (bicyclic) bond motifs is 1. The Morgan fingerprint density at radius 3 is 2.37 bits per heavy atom. The van der Waals surface area contributed by atoms with Gasteiger partial charge in [0.2, 0.25) is 10.0 Å². The van der Waals surface area contributed by atoms with Gasteiger partial charge in [-0.25, -0.2) is 8.42 Å². The molecule has 0 amide bonds. The Hall–Kier alpha value is -2.28. The molecule has 140 valence electrons. The molecule has 3 aromatic rings. The van der Waals surface area contributed by atoms with E-state index in [2.05, 4.69) is 34.1 Å². The molecule has 5 nitrogen and oxygen atoms in total. The highest BCUT2D eigenvalue weighted by molar-refractivity contribution is 7.89. The highest BCUT2D eigenvalue weighted by atomic mass is 32.2. The summed E-state index contributed by atoms with van der Waals surface area (Å²) in [6.45, 7) is 5.19. The van der Waals surface area contributed by atoms with Crippen LogP contribution in [0.1, 0.15) is 11.1 Å². The van der Waals surface area contributed by atoms with Crippen LogP contribution in [0, 0.1) is 6.92 Å². The number of rotatable bonds is 4. The van der Waals surface area contributed by atoms with Crippen LogP contribution in [0.3, 0.4) is 0 Å². The quantitative estimate of drug-likeness (QED) is 0.697. The number of sulfonamides is 1. The van der Waals surface area contributed by atoms with Crippen LogP contribution in [0.15, 0.2) is 65.7 Å². The second-order valence-electron chi connectivity index (χ2n) is 6.99. The summed E-state index contributed by atoms with van der Waals surface area (Å²) in [5.41, 5.74) is 3.26. The molecule has 0 spiro atoms. The molecule has 2 aromatic carbocycles. The zero-order chi connectivity index (χ0) is 18.9. The van der Waals surface area contributed by atoms with Crippen LogP contribution < -0.4 is 0 Å². The molecule has 1 aromatic heterocycles. The van der Waals surface area contributed by atoms with Crippen molar-refractivity contribution in [3.8, 4) is 0 Å². The van der Waals surface area contributed by atoms with E-state index in [1.807, 2.05) is 31.3 Å². The van der Waals surface area contributed by atoms with Crippen molar-refractivity contribution >= 4 is 20.9 Å². The number of piperazine rings is 1. The summed E-state index contributed by atoms with van der Waals surface area (Å²) in [6.07, 6.45) is 1.82. The Morgan fingerprint density at radius 1 is 0.926 bits per heavy atom. The number of hydrogen-bond donors (Lipinski definition) is 0.